The third kappa shape index (κ3) is 2.41. The number of nitrogens with one attached hydrogen (secondary N) is 1. The summed E-state index contributed by atoms with van der Waals surface area (Å²) >= 11 is 0. The van der Waals surface area contributed by atoms with E-state index in [-0.39, 0.29) is 6.10 Å². The van der Waals surface area contributed by atoms with Crippen LogP contribution in [0.5, 0.6) is 0 Å². The summed E-state index contributed by atoms with van der Waals surface area (Å²) in [4.78, 5) is 17.8. The van der Waals surface area contributed by atoms with Gasteiger partial charge in [-0.15, -0.1) is 0 Å². The minimum absolute atomic E-state index is 0.128. The van der Waals surface area contributed by atoms with Crippen molar-refractivity contribution in [3.63, 3.8) is 0 Å². The van der Waals surface area contributed by atoms with Gasteiger partial charge in [-0.25, -0.2) is 9.97 Å². The summed E-state index contributed by atoms with van der Waals surface area (Å²) < 4.78 is 1.78. The van der Waals surface area contributed by atoms with Crippen molar-refractivity contribution >= 4 is 16.9 Å². The zero-order valence-electron chi connectivity index (χ0n) is 16.0. The van der Waals surface area contributed by atoms with Gasteiger partial charge in [-0.2, -0.15) is 5.10 Å². The normalized spacial score (nSPS) is 30.1. The standard InChI is InChI=1S/C20H25N7O/c1-25-9-12(8-22-25)19-23-18-16(6-7-21-20(18)24-19)26-10-13-2-3-14(11-26)27(13)15-4-5-17(15)28/h6-9,13-15,17,28H,2-5,10-11H2,1H3,(H,21,23,24)/t13?,14?,15-,17+/m0/s1. The van der Waals surface area contributed by atoms with E-state index >= 15 is 0 Å². The van der Waals surface area contributed by atoms with Crippen molar-refractivity contribution in [2.45, 2.75) is 49.9 Å². The average molecular weight is 379 g/mol. The highest BCUT2D eigenvalue weighted by atomic mass is 16.3. The molecular formula is C20H25N7O. The fourth-order valence-electron chi connectivity index (χ4n) is 5.33. The van der Waals surface area contributed by atoms with Crippen LogP contribution in [0.2, 0.25) is 0 Å². The Balaban J connectivity index is 1.32. The van der Waals surface area contributed by atoms with Crippen LogP contribution in [0.25, 0.3) is 22.6 Å². The maximum absolute atomic E-state index is 10.2. The number of H-pyrrole nitrogens is 1. The molecule has 1 aliphatic carbocycles. The van der Waals surface area contributed by atoms with Gasteiger partial charge in [-0.3, -0.25) is 9.58 Å². The Labute approximate surface area is 163 Å². The molecule has 6 rings (SSSR count). The maximum Gasteiger partial charge on any atom is 0.180 e. The Bertz CT molecular complexity index is 1010. The summed E-state index contributed by atoms with van der Waals surface area (Å²) in [5, 5.41) is 14.4. The Morgan fingerprint density at radius 1 is 1.14 bits per heavy atom. The molecule has 0 spiro atoms. The minimum Gasteiger partial charge on any atom is -0.391 e. The monoisotopic (exact) mass is 379 g/mol. The lowest BCUT2D eigenvalue weighted by atomic mass is 9.86. The summed E-state index contributed by atoms with van der Waals surface area (Å²) in [5.74, 6) is 0.808. The lowest BCUT2D eigenvalue weighted by Gasteiger charge is -2.50. The number of imidazole rings is 1. The van der Waals surface area contributed by atoms with Gasteiger partial charge in [0.15, 0.2) is 5.65 Å². The predicted octanol–water partition coefficient (Wildman–Crippen LogP) is 1.53. The molecule has 2 unspecified atom stereocenters. The van der Waals surface area contributed by atoms with Crippen LogP contribution in [0.3, 0.4) is 0 Å². The molecule has 3 aromatic heterocycles. The molecule has 28 heavy (non-hydrogen) atoms. The van der Waals surface area contributed by atoms with Gasteiger partial charge in [-0.05, 0) is 31.7 Å². The predicted molar refractivity (Wildman–Crippen MR) is 106 cm³/mol. The third-order valence-electron chi connectivity index (χ3n) is 6.81. The number of nitrogens with zero attached hydrogens (tertiary/aromatic N) is 6. The van der Waals surface area contributed by atoms with E-state index in [4.69, 9.17) is 4.98 Å². The van der Waals surface area contributed by atoms with E-state index in [1.54, 1.807) is 4.68 Å². The van der Waals surface area contributed by atoms with Crippen molar-refractivity contribution in [2.24, 2.45) is 7.05 Å². The largest absolute Gasteiger partial charge is 0.391 e. The number of hydrogen-bond acceptors (Lipinski definition) is 6. The lowest BCUT2D eigenvalue weighted by Crippen LogP contribution is -2.62. The van der Waals surface area contributed by atoms with Crippen molar-refractivity contribution in [1.82, 2.24) is 29.6 Å². The van der Waals surface area contributed by atoms with Crippen LogP contribution in [0.4, 0.5) is 5.69 Å². The van der Waals surface area contributed by atoms with Crippen LogP contribution < -0.4 is 4.90 Å². The number of aryl methyl sites for hydroxylation is 1. The molecule has 2 saturated heterocycles. The number of pyridine rings is 1. The van der Waals surface area contributed by atoms with Crippen molar-refractivity contribution in [3.8, 4) is 11.4 Å². The van der Waals surface area contributed by atoms with Crippen LogP contribution >= 0.6 is 0 Å². The van der Waals surface area contributed by atoms with Gasteiger partial charge >= 0.3 is 0 Å². The van der Waals surface area contributed by atoms with Gasteiger partial charge in [0.2, 0.25) is 0 Å². The number of fused-ring (bicyclic) bond motifs is 3. The maximum atomic E-state index is 10.2. The number of aromatic amines is 1. The minimum atomic E-state index is -0.128. The molecule has 3 aromatic rings. The summed E-state index contributed by atoms with van der Waals surface area (Å²) in [6.45, 7) is 2.00. The van der Waals surface area contributed by atoms with E-state index in [1.807, 2.05) is 25.6 Å². The van der Waals surface area contributed by atoms with Crippen molar-refractivity contribution in [3.05, 3.63) is 24.7 Å². The first-order valence-electron chi connectivity index (χ1n) is 10.2. The molecule has 1 saturated carbocycles. The molecule has 8 heteroatoms. The van der Waals surface area contributed by atoms with Gasteiger partial charge in [0, 0.05) is 50.7 Å². The number of rotatable bonds is 3. The topological polar surface area (TPSA) is 86.1 Å². The van der Waals surface area contributed by atoms with Crippen LogP contribution in [0.1, 0.15) is 25.7 Å². The first-order valence-corrected chi connectivity index (χ1v) is 10.2. The third-order valence-corrected chi connectivity index (χ3v) is 6.81. The summed E-state index contributed by atoms with van der Waals surface area (Å²) in [5.41, 5.74) is 3.90. The number of aliphatic hydroxyl groups is 1. The van der Waals surface area contributed by atoms with Crippen molar-refractivity contribution < 1.29 is 5.11 Å². The molecule has 0 aromatic carbocycles. The quantitative estimate of drug-likeness (QED) is 0.718. The molecule has 146 valence electrons. The summed E-state index contributed by atoms with van der Waals surface area (Å²) in [6.07, 6.45) is 10.1. The van der Waals surface area contributed by atoms with E-state index in [2.05, 4.69) is 30.9 Å². The first-order chi connectivity index (χ1) is 13.7. The molecular weight excluding hydrogens is 354 g/mol. The fraction of sp³-hybridized carbons (Fsp3) is 0.550. The Morgan fingerprint density at radius 2 is 1.96 bits per heavy atom. The van der Waals surface area contributed by atoms with E-state index in [0.717, 1.165) is 48.5 Å². The first kappa shape index (κ1) is 16.5. The van der Waals surface area contributed by atoms with Crippen molar-refractivity contribution in [1.29, 1.82) is 0 Å². The highest BCUT2D eigenvalue weighted by Gasteiger charge is 2.48. The molecule has 2 aliphatic heterocycles. The molecule has 0 radical (unpaired) electrons. The molecule has 3 aliphatic rings. The second-order valence-electron chi connectivity index (χ2n) is 8.47. The number of hydrogen-bond donors (Lipinski definition) is 2. The molecule has 0 amide bonds. The average Bonchev–Trinajstić information content (AvgIpc) is 3.36. The Hall–Kier alpha value is -2.45. The van der Waals surface area contributed by atoms with Gasteiger partial charge in [0.05, 0.1) is 23.6 Å². The van der Waals surface area contributed by atoms with Gasteiger partial charge in [-0.1, -0.05) is 0 Å². The Kier molecular flexibility index (Phi) is 3.55. The van der Waals surface area contributed by atoms with E-state index < -0.39 is 0 Å². The molecule has 5 heterocycles. The van der Waals surface area contributed by atoms with E-state index in [9.17, 15) is 5.11 Å². The second-order valence-corrected chi connectivity index (χ2v) is 8.47. The SMILES string of the molecule is Cn1cc(-c2nc3nccc(N4CC5CCC(C4)N5[C@H]4CC[C@H]4O)c3[nH]2)cn1. The molecule has 3 fully saturated rings. The lowest BCUT2D eigenvalue weighted by molar-refractivity contribution is -0.0472. The zero-order chi connectivity index (χ0) is 18.8. The molecule has 8 nitrogen and oxygen atoms in total. The highest BCUT2D eigenvalue weighted by molar-refractivity contribution is 5.88. The van der Waals surface area contributed by atoms with E-state index in [1.165, 1.54) is 18.5 Å². The molecule has 2 N–H and O–H groups in total. The number of anilines is 1. The van der Waals surface area contributed by atoms with Crippen LogP contribution in [0.15, 0.2) is 24.7 Å². The van der Waals surface area contributed by atoms with Crippen LogP contribution in [-0.4, -0.2) is 72.1 Å². The summed E-state index contributed by atoms with van der Waals surface area (Å²) in [7, 11) is 1.91. The summed E-state index contributed by atoms with van der Waals surface area (Å²) in [6, 6.07) is 3.53. The zero-order valence-corrected chi connectivity index (χ0v) is 16.0. The number of aliphatic hydroxyl groups excluding tert-OH is 1. The molecule has 2 bridgehead atoms. The van der Waals surface area contributed by atoms with Gasteiger partial charge in [0.1, 0.15) is 11.3 Å². The van der Waals surface area contributed by atoms with Gasteiger partial charge < -0.3 is 15.0 Å². The number of piperazine rings is 1. The van der Waals surface area contributed by atoms with Crippen LogP contribution in [-0.2, 0) is 7.05 Å². The van der Waals surface area contributed by atoms with E-state index in [0.29, 0.717) is 18.1 Å². The van der Waals surface area contributed by atoms with Crippen LogP contribution in [0, 0.1) is 0 Å². The number of aromatic nitrogens is 5. The Morgan fingerprint density at radius 3 is 2.61 bits per heavy atom. The molecule has 4 atom stereocenters. The smallest absolute Gasteiger partial charge is 0.180 e. The highest BCUT2D eigenvalue weighted by Crippen LogP contribution is 2.40. The second kappa shape index (κ2) is 6.02. The van der Waals surface area contributed by atoms with Crippen molar-refractivity contribution in [2.75, 3.05) is 18.0 Å². The fourth-order valence-corrected chi connectivity index (χ4v) is 5.33. The van der Waals surface area contributed by atoms with Gasteiger partial charge in [0.25, 0.3) is 0 Å².